The van der Waals surface area contributed by atoms with Crippen molar-refractivity contribution in [2.24, 2.45) is 5.10 Å². The summed E-state index contributed by atoms with van der Waals surface area (Å²) in [6.07, 6.45) is 1.47. The molecule has 0 aliphatic heterocycles. The van der Waals surface area contributed by atoms with Gasteiger partial charge in [-0.3, -0.25) is 4.79 Å². The summed E-state index contributed by atoms with van der Waals surface area (Å²) in [5.41, 5.74) is 4.77. The molecular formula is C20H17BrCl2N4O2. The van der Waals surface area contributed by atoms with Crippen LogP contribution in [0.4, 0.5) is 0 Å². The molecule has 0 fully saturated rings. The Morgan fingerprint density at radius 3 is 2.76 bits per heavy atom. The monoisotopic (exact) mass is 494 g/mol. The number of halogens is 3. The molecule has 0 bridgehead atoms. The maximum atomic E-state index is 11.9. The predicted octanol–water partition coefficient (Wildman–Crippen LogP) is 4.84. The highest BCUT2D eigenvalue weighted by molar-refractivity contribution is 9.10. The normalized spacial score (nSPS) is 11.0. The number of rotatable bonds is 7. The largest absolute Gasteiger partial charge is 0.484 e. The Morgan fingerprint density at radius 1 is 1.28 bits per heavy atom. The van der Waals surface area contributed by atoms with E-state index in [4.69, 9.17) is 27.9 Å². The van der Waals surface area contributed by atoms with E-state index in [1.165, 1.54) is 6.21 Å². The summed E-state index contributed by atoms with van der Waals surface area (Å²) >= 11 is 15.7. The van der Waals surface area contributed by atoms with Crippen LogP contribution in [0.15, 0.2) is 58.1 Å². The molecule has 1 heterocycles. The van der Waals surface area contributed by atoms with Gasteiger partial charge < -0.3 is 4.74 Å². The van der Waals surface area contributed by atoms with Crippen molar-refractivity contribution in [3.63, 3.8) is 0 Å². The lowest BCUT2D eigenvalue weighted by molar-refractivity contribution is -0.123. The summed E-state index contributed by atoms with van der Waals surface area (Å²) in [7, 11) is 0. The minimum absolute atomic E-state index is 0.156. The minimum Gasteiger partial charge on any atom is -0.484 e. The number of ether oxygens (including phenoxy) is 1. The molecule has 3 rings (SSSR count). The van der Waals surface area contributed by atoms with Crippen molar-refractivity contribution in [1.29, 1.82) is 0 Å². The van der Waals surface area contributed by atoms with Crippen LogP contribution in [0.2, 0.25) is 10.2 Å². The molecule has 1 amide bonds. The second-order valence-electron chi connectivity index (χ2n) is 6.11. The summed E-state index contributed by atoms with van der Waals surface area (Å²) in [5.74, 6) is 0.199. The van der Waals surface area contributed by atoms with E-state index >= 15 is 0 Å². The Hall–Kier alpha value is -2.35. The molecule has 0 spiro atoms. The van der Waals surface area contributed by atoms with Crippen LogP contribution in [0.5, 0.6) is 5.75 Å². The molecule has 3 aromatic rings. The molecule has 0 saturated carbocycles. The van der Waals surface area contributed by atoms with Crippen molar-refractivity contribution < 1.29 is 9.53 Å². The molecule has 150 valence electrons. The Balaban J connectivity index is 1.58. The maximum absolute atomic E-state index is 11.9. The first kappa shape index (κ1) is 21.4. The van der Waals surface area contributed by atoms with Gasteiger partial charge >= 0.3 is 0 Å². The van der Waals surface area contributed by atoms with E-state index in [0.29, 0.717) is 33.7 Å². The van der Waals surface area contributed by atoms with Crippen LogP contribution in [0.1, 0.15) is 16.8 Å². The number of aromatic nitrogens is 2. The number of hydrogen-bond acceptors (Lipinski definition) is 4. The van der Waals surface area contributed by atoms with Crippen LogP contribution < -0.4 is 10.2 Å². The van der Waals surface area contributed by atoms with Crippen LogP contribution in [-0.2, 0) is 11.3 Å². The SMILES string of the molecule is Cc1nn(Cc2ccc(Cl)cc2)c(Cl)c1/C=N/NC(=O)COc1cccc(Br)c1. The zero-order valence-electron chi connectivity index (χ0n) is 15.4. The summed E-state index contributed by atoms with van der Waals surface area (Å²) in [4.78, 5) is 11.9. The first-order chi connectivity index (χ1) is 13.9. The second kappa shape index (κ2) is 9.91. The molecule has 0 saturated heterocycles. The zero-order chi connectivity index (χ0) is 20.8. The van der Waals surface area contributed by atoms with Crippen LogP contribution in [0.3, 0.4) is 0 Å². The lowest BCUT2D eigenvalue weighted by atomic mass is 10.2. The number of amides is 1. The number of nitrogens with one attached hydrogen (secondary N) is 1. The molecular weight excluding hydrogens is 479 g/mol. The van der Waals surface area contributed by atoms with E-state index in [-0.39, 0.29) is 12.5 Å². The Kier molecular flexibility index (Phi) is 7.30. The van der Waals surface area contributed by atoms with Crippen molar-refractivity contribution in [2.45, 2.75) is 13.5 Å². The van der Waals surface area contributed by atoms with Crippen molar-refractivity contribution in [1.82, 2.24) is 15.2 Å². The van der Waals surface area contributed by atoms with Crippen molar-refractivity contribution in [3.8, 4) is 5.75 Å². The van der Waals surface area contributed by atoms with Crippen LogP contribution in [0.25, 0.3) is 0 Å². The van der Waals surface area contributed by atoms with E-state index < -0.39 is 0 Å². The molecule has 0 unspecified atom stereocenters. The summed E-state index contributed by atoms with van der Waals surface area (Å²) in [6, 6.07) is 14.7. The van der Waals surface area contributed by atoms with Gasteiger partial charge in [0.15, 0.2) is 6.61 Å². The van der Waals surface area contributed by atoms with Gasteiger partial charge in [0.1, 0.15) is 10.9 Å². The van der Waals surface area contributed by atoms with Gasteiger partial charge in [-0.05, 0) is 42.8 Å². The summed E-state index contributed by atoms with van der Waals surface area (Å²) in [5, 5.41) is 9.49. The highest BCUT2D eigenvalue weighted by Gasteiger charge is 2.12. The second-order valence-corrected chi connectivity index (χ2v) is 7.82. The van der Waals surface area contributed by atoms with E-state index in [2.05, 4.69) is 31.6 Å². The average Bonchev–Trinajstić information content (AvgIpc) is 2.95. The number of benzene rings is 2. The highest BCUT2D eigenvalue weighted by Crippen LogP contribution is 2.20. The number of hydrogen-bond donors (Lipinski definition) is 1. The van der Waals surface area contributed by atoms with Gasteiger partial charge in [0.2, 0.25) is 0 Å². The van der Waals surface area contributed by atoms with Crippen molar-refractivity contribution in [2.75, 3.05) is 6.61 Å². The van der Waals surface area contributed by atoms with Gasteiger partial charge in [-0.1, -0.05) is 57.3 Å². The van der Waals surface area contributed by atoms with Gasteiger partial charge in [0.25, 0.3) is 5.91 Å². The molecule has 2 aromatic carbocycles. The number of hydrazone groups is 1. The number of nitrogens with zero attached hydrogens (tertiary/aromatic N) is 3. The Bertz CT molecular complexity index is 1040. The molecule has 0 radical (unpaired) electrons. The Morgan fingerprint density at radius 2 is 2.03 bits per heavy atom. The molecule has 1 aromatic heterocycles. The quantitative estimate of drug-likeness (QED) is 0.376. The minimum atomic E-state index is -0.386. The fraction of sp³-hybridized carbons (Fsp3) is 0.150. The number of carbonyl (C=O) groups is 1. The van der Waals surface area contributed by atoms with Crippen molar-refractivity contribution >= 4 is 51.3 Å². The van der Waals surface area contributed by atoms with Gasteiger partial charge in [-0.15, -0.1) is 0 Å². The first-order valence-corrected chi connectivity index (χ1v) is 10.1. The number of carbonyl (C=O) groups excluding carboxylic acids is 1. The predicted molar refractivity (Wildman–Crippen MR) is 118 cm³/mol. The lowest BCUT2D eigenvalue weighted by Gasteiger charge is -2.05. The van der Waals surface area contributed by atoms with E-state index in [0.717, 1.165) is 10.0 Å². The lowest BCUT2D eigenvalue weighted by Crippen LogP contribution is -2.24. The molecule has 9 heteroatoms. The number of aryl methyl sites for hydroxylation is 1. The Labute approximate surface area is 186 Å². The summed E-state index contributed by atoms with van der Waals surface area (Å²) < 4.78 is 7.95. The van der Waals surface area contributed by atoms with Gasteiger partial charge in [0.05, 0.1) is 24.0 Å². The van der Waals surface area contributed by atoms with E-state index in [9.17, 15) is 4.79 Å². The molecule has 29 heavy (non-hydrogen) atoms. The third-order valence-corrected chi connectivity index (χ3v) is 5.05. The van der Waals surface area contributed by atoms with Crippen molar-refractivity contribution in [3.05, 3.63) is 80.0 Å². The molecule has 6 nitrogen and oxygen atoms in total. The topological polar surface area (TPSA) is 68.5 Å². The molecule has 1 N–H and O–H groups in total. The summed E-state index contributed by atoms with van der Waals surface area (Å²) in [6.45, 7) is 2.16. The fourth-order valence-electron chi connectivity index (χ4n) is 2.49. The van der Waals surface area contributed by atoms with Gasteiger partial charge in [0, 0.05) is 9.50 Å². The highest BCUT2D eigenvalue weighted by atomic mass is 79.9. The van der Waals surface area contributed by atoms with Gasteiger partial charge in [-0.2, -0.15) is 10.2 Å². The molecule has 0 aliphatic carbocycles. The smallest absolute Gasteiger partial charge is 0.277 e. The van der Waals surface area contributed by atoms with Crippen LogP contribution in [-0.4, -0.2) is 28.5 Å². The third kappa shape index (κ3) is 6.06. The van der Waals surface area contributed by atoms with Crippen LogP contribution in [0, 0.1) is 6.92 Å². The van der Waals surface area contributed by atoms with Gasteiger partial charge in [-0.25, -0.2) is 10.1 Å². The van der Waals surface area contributed by atoms with E-state index in [1.54, 1.807) is 16.8 Å². The average molecular weight is 496 g/mol. The molecule has 0 atom stereocenters. The standard InChI is InChI=1S/C20H17BrCl2N4O2/c1-13-18(20(23)27(26-13)11-14-5-7-16(22)8-6-14)10-24-25-19(28)12-29-17-4-2-3-15(21)9-17/h2-10H,11-12H2,1H3,(H,25,28)/b24-10+. The van der Waals surface area contributed by atoms with E-state index in [1.807, 2.05) is 43.3 Å². The first-order valence-electron chi connectivity index (χ1n) is 8.60. The van der Waals surface area contributed by atoms with Crippen LogP contribution >= 0.6 is 39.1 Å². The zero-order valence-corrected chi connectivity index (χ0v) is 18.5. The fourth-order valence-corrected chi connectivity index (χ4v) is 3.28. The third-order valence-electron chi connectivity index (χ3n) is 3.90. The maximum Gasteiger partial charge on any atom is 0.277 e. The molecule has 0 aliphatic rings.